The van der Waals surface area contributed by atoms with Gasteiger partial charge in [-0.1, -0.05) is 47.5 Å². The number of benzene rings is 2. The van der Waals surface area contributed by atoms with Crippen molar-refractivity contribution in [1.82, 2.24) is 0 Å². The number of hydrogen-bond donors (Lipinski definition) is 1. The van der Waals surface area contributed by atoms with Gasteiger partial charge in [0.25, 0.3) is 0 Å². The number of halogens is 2. The summed E-state index contributed by atoms with van der Waals surface area (Å²) in [5.74, 6) is -0.104. The zero-order valence-electron chi connectivity index (χ0n) is 10.6. The van der Waals surface area contributed by atoms with E-state index in [0.717, 1.165) is 11.1 Å². The zero-order valence-corrected chi connectivity index (χ0v) is 12.9. The maximum atomic E-state index is 11.0. The lowest BCUT2D eigenvalue weighted by molar-refractivity contribution is -0.115. The molecule has 0 unspecified atom stereocenters. The summed E-state index contributed by atoms with van der Waals surface area (Å²) in [5, 5.41) is 1.29. The molecule has 0 heterocycles. The summed E-state index contributed by atoms with van der Waals surface area (Å²) in [4.78, 5) is 11.0. The Hall–Kier alpha value is -1.16. The number of thioether (sulfide) groups is 1. The summed E-state index contributed by atoms with van der Waals surface area (Å²) in [7, 11) is 0. The predicted molar refractivity (Wildman–Crippen MR) is 86.4 cm³/mol. The smallest absolute Gasteiger partial charge is 0.227 e. The first-order valence-corrected chi connectivity index (χ1v) is 7.77. The number of primary amides is 1. The molecular formula is C15H13Cl2NOS. The van der Waals surface area contributed by atoms with Crippen LogP contribution in [0.5, 0.6) is 0 Å². The van der Waals surface area contributed by atoms with Crippen LogP contribution in [0.25, 0.3) is 0 Å². The number of amides is 1. The fourth-order valence-corrected chi connectivity index (χ4v) is 3.30. The van der Waals surface area contributed by atoms with Crippen LogP contribution in [-0.4, -0.2) is 11.7 Å². The van der Waals surface area contributed by atoms with E-state index in [1.54, 1.807) is 0 Å². The number of hydrogen-bond acceptors (Lipinski definition) is 2. The molecule has 2 N–H and O–H groups in total. The molecule has 0 aliphatic rings. The standard InChI is InChI=1S/C15H13Cl2NOS/c16-12-5-1-3-10(7-12)15(20-9-14(18)19)11-4-2-6-13(17)8-11/h1-8,15H,9H2,(H2,18,19). The molecule has 104 valence electrons. The molecule has 0 radical (unpaired) electrons. The third kappa shape index (κ3) is 4.17. The van der Waals surface area contributed by atoms with Crippen LogP contribution in [0.3, 0.4) is 0 Å². The number of carbonyl (C=O) groups is 1. The van der Waals surface area contributed by atoms with Crippen molar-refractivity contribution in [1.29, 1.82) is 0 Å². The van der Waals surface area contributed by atoms with Gasteiger partial charge in [0.05, 0.1) is 11.0 Å². The Bertz CT molecular complexity index is 573. The highest BCUT2D eigenvalue weighted by atomic mass is 35.5. The highest BCUT2D eigenvalue weighted by Crippen LogP contribution is 2.37. The van der Waals surface area contributed by atoms with E-state index in [4.69, 9.17) is 28.9 Å². The van der Waals surface area contributed by atoms with E-state index in [1.165, 1.54) is 11.8 Å². The van der Waals surface area contributed by atoms with Crippen molar-refractivity contribution in [3.05, 3.63) is 69.7 Å². The Balaban J connectivity index is 2.36. The van der Waals surface area contributed by atoms with Gasteiger partial charge in [0.1, 0.15) is 0 Å². The van der Waals surface area contributed by atoms with Gasteiger partial charge in [0.2, 0.25) is 5.91 Å². The molecule has 0 spiro atoms. The number of nitrogens with two attached hydrogens (primary N) is 1. The van der Waals surface area contributed by atoms with Crippen molar-refractivity contribution < 1.29 is 4.79 Å². The van der Waals surface area contributed by atoms with E-state index in [1.807, 2.05) is 48.5 Å². The molecule has 2 rings (SSSR count). The van der Waals surface area contributed by atoms with Gasteiger partial charge in [0, 0.05) is 10.0 Å². The molecule has 0 fully saturated rings. The minimum absolute atomic E-state index is 0.0279. The lowest BCUT2D eigenvalue weighted by Crippen LogP contribution is -2.14. The summed E-state index contributed by atoms with van der Waals surface area (Å²) < 4.78 is 0. The SMILES string of the molecule is NC(=O)CSC(c1cccc(Cl)c1)c1cccc(Cl)c1. The largest absolute Gasteiger partial charge is 0.369 e. The van der Waals surface area contributed by atoms with Gasteiger partial charge >= 0.3 is 0 Å². The van der Waals surface area contributed by atoms with Crippen LogP contribution in [-0.2, 0) is 4.79 Å². The highest BCUT2D eigenvalue weighted by molar-refractivity contribution is 8.00. The molecule has 1 amide bonds. The van der Waals surface area contributed by atoms with Gasteiger partial charge in [-0.25, -0.2) is 0 Å². The minimum atomic E-state index is -0.343. The lowest BCUT2D eigenvalue weighted by Gasteiger charge is -2.17. The molecule has 0 aromatic heterocycles. The minimum Gasteiger partial charge on any atom is -0.369 e. The number of rotatable bonds is 5. The fraction of sp³-hybridized carbons (Fsp3) is 0.133. The first kappa shape index (κ1) is 15.2. The Morgan fingerprint density at radius 3 is 1.95 bits per heavy atom. The molecule has 2 aromatic carbocycles. The van der Waals surface area contributed by atoms with Crippen LogP contribution in [0.4, 0.5) is 0 Å². The molecule has 5 heteroatoms. The van der Waals surface area contributed by atoms with Crippen LogP contribution >= 0.6 is 35.0 Å². The monoisotopic (exact) mass is 325 g/mol. The molecule has 0 saturated heterocycles. The maximum Gasteiger partial charge on any atom is 0.227 e. The molecule has 0 aliphatic carbocycles. The normalized spacial score (nSPS) is 10.8. The van der Waals surface area contributed by atoms with Crippen molar-refractivity contribution in [2.24, 2.45) is 5.73 Å². The second-order valence-electron chi connectivity index (χ2n) is 4.27. The molecular weight excluding hydrogens is 313 g/mol. The van der Waals surface area contributed by atoms with E-state index in [9.17, 15) is 4.79 Å². The van der Waals surface area contributed by atoms with Gasteiger partial charge in [-0.2, -0.15) is 0 Å². The van der Waals surface area contributed by atoms with Crippen molar-refractivity contribution in [3.63, 3.8) is 0 Å². The second-order valence-corrected chi connectivity index (χ2v) is 6.23. The van der Waals surface area contributed by atoms with E-state index >= 15 is 0 Å². The van der Waals surface area contributed by atoms with E-state index < -0.39 is 0 Å². The Labute approximate surface area is 132 Å². The van der Waals surface area contributed by atoms with Crippen molar-refractivity contribution in [2.45, 2.75) is 5.25 Å². The average Bonchev–Trinajstić information content (AvgIpc) is 2.39. The summed E-state index contributed by atoms with van der Waals surface area (Å²) in [6, 6.07) is 15.1. The van der Waals surface area contributed by atoms with Gasteiger partial charge in [-0.15, -0.1) is 11.8 Å². The van der Waals surface area contributed by atoms with Gasteiger partial charge in [-0.3, -0.25) is 4.79 Å². The summed E-state index contributed by atoms with van der Waals surface area (Å²) in [6.45, 7) is 0. The molecule has 2 aromatic rings. The number of carbonyl (C=O) groups excluding carboxylic acids is 1. The van der Waals surface area contributed by atoms with Crippen LogP contribution in [0.15, 0.2) is 48.5 Å². The lowest BCUT2D eigenvalue weighted by atomic mass is 10.0. The van der Waals surface area contributed by atoms with Crippen molar-refractivity contribution in [3.8, 4) is 0 Å². The van der Waals surface area contributed by atoms with Crippen LogP contribution in [0, 0.1) is 0 Å². The van der Waals surface area contributed by atoms with Gasteiger partial charge < -0.3 is 5.73 Å². The summed E-state index contributed by atoms with van der Waals surface area (Å²) >= 11 is 13.5. The van der Waals surface area contributed by atoms with Crippen LogP contribution in [0.1, 0.15) is 16.4 Å². The molecule has 20 heavy (non-hydrogen) atoms. The zero-order chi connectivity index (χ0) is 14.5. The molecule has 0 saturated carbocycles. The first-order chi connectivity index (χ1) is 9.56. The molecule has 0 aliphatic heterocycles. The van der Waals surface area contributed by atoms with Gasteiger partial charge in [0.15, 0.2) is 0 Å². The van der Waals surface area contributed by atoms with Crippen LogP contribution < -0.4 is 5.73 Å². The summed E-state index contributed by atoms with van der Waals surface area (Å²) in [6.07, 6.45) is 0. The molecule has 2 nitrogen and oxygen atoms in total. The molecule has 0 bridgehead atoms. The average molecular weight is 326 g/mol. The summed E-state index contributed by atoms with van der Waals surface area (Å²) in [5.41, 5.74) is 7.28. The fourth-order valence-electron chi connectivity index (χ4n) is 1.89. The van der Waals surface area contributed by atoms with Crippen LogP contribution in [0.2, 0.25) is 10.0 Å². The first-order valence-electron chi connectivity index (χ1n) is 5.97. The second kappa shape index (κ2) is 7.02. The maximum absolute atomic E-state index is 11.0. The Morgan fingerprint density at radius 2 is 1.55 bits per heavy atom. The Morgan fingerprint density at radius 1 is 1.05 bits per heavy atom. The highest BCUT2D eigenvalue weighted by Gasteiger charge is 2.16. The van der Waals surface area contributed by atoms with Crippen molar-refractivity contribution in [2.75, 3.05) is 5.75 Å². The van der Waals surface area contributed by atoms with E-state index in [-0.39, 0.29) is 16.9 Å². The third-order valence-electron chi connectivity index (χ3n) is 2.70. The Kier molecular flexibility index (Phi) is 5.35. The molecule has 0 atom stereocenters. The quantitative estimate of drug-likeness (QED) is 0.890. The third-order valence-corrected chi connectivity index (χ3v) is 4.49. The predicted octanol–water partition coefficient (Wildman–Crippen LogP) is 4.30. The van der Waals surface area contributed by atoms with Crippen molar-refractivity contribution >= 4 is 40.9 Å². The van der Waals surface area contributed by atoms with E-state index in [2.05, 4.69) is 0 Å². The topological polar surface area (TPSA) is 43.1 Å². The van der Waals surface area contributed by atoms with Gasteiger partial charge in [-0.05, 0) is 35.4 Å². The van der Waals surface area contributed by atoms with E-state index in [0.29, 0.717) is 10.0 Å².